The number of hydrogen-bond acceptors (Lipinski definition) is 2. The highest BCUT2D eigenvalue weighted by atomic mass is 79.9. The van der Waals surface area contributed by atoms with E-state index in [0.29, 0.717) is 21.3 Å². The Morgan fingerprint density at radius 1 is 1.10 bits per heavy atom. The van der Waals surface area contributed by atoms with Gasteiger partial charge in [-0.25, -0.2) is 0 Å². The third-order valence-electron chi connectivity index (χ3n) is 2.72. The maximum absolute atomic E-state index is 12.2. The minimum Gasteiger partial charge on any atom is -0.481 e. The summed E-state index contributed by atoms with van der Waals surface area (Å²) in [7, 11) is 0. The molecule has 0 heterocycles. The number of carbonyl (C=O) groups excluding carboxylic acids is 1. The Morgan fingerprint density at radius 3 is 2.52 bits per heavy atom. The van der Waals surface area contributed by atoms with Crippen molar-refractivity contribution in [3.63, 3.8) is 0 Å². The molecule has 108 valence electrons. The number of carboxylic acids is 1. The van der Waals surface area contributed by atoms with Crippen molar-refractivity contribution < 1.29 is 14.7 Å². The molecule has 0 spiro atoms. The fourth-order valence-corrected chi connectivity index (χ4v) is 3.03. The first kappa shape index (κ1) is 15.7. The Kier molecular flexibility index (Phi) is 5.14. The first-order chi connectivity index (χ1) is 9.95. The van der Waals surface area contributed by atoms with Gasteiger partial charge in [0, 0.05) is 14.6 Å². The van der Waals surface area contributed by atoms with E-state index in [1.165, 1.54) is 0 Å². The minimum absolute atomic E-state index is 0.0777. The molecule has 0 atom stereocenters. The number of carboxylic acid groups (broad SMARTS) is 1. The monoisotopic (exact) mass is 411 g/mol. The van der Waals surface area contributed by atoms with E-state index in [2.05, 4.69) is 37.2 Å². The number of hydrogen-bond donors (Lipinski definition) is 2. The molecule has 21 heavy (non-hydrogen) atoms. The van der Waals surface area contributed by atoms with Gasteiger partial charge in [-0.15, -0.1) is 0 Å². The molecule has 0 bridgehead atoms. The molecule has 4 nitrogen and oxygen atoms in total. The third kappa shape index (κ3) is 4.41. The summed E-state index contributed by atoms with van der Waals surface area (Å²) < 4.78 is 1.55. The fourth-order valence-electron chi connectivity index (χ4n) is 1.81. The van der Waals surface area contributed by atoms with E-state index in [9.17, 15) is 9.59 Å². The zero-order valence-electron chi connectivity index (χ0n) is 10.8. The number of anilines is 1. The van der Waals surface area contributed by atoms with Gasteiger partial charge in [-0.3, -0.25) is 9.59 Å². The second-order valence-corrected chi connectivity index (χ2v) is 6.12. The summed E-state index contributed by atoms with van der Waals surface area (Å²) >= 11 is 6.67. The van der Waals surface area contributed by atoms with Crippen molar-refractivity contribution in [3.8, 4) is 0 Å². The zero-order valence-corrected chi connectivity index (χ0v) is 13.9. The van der Waals surface area contributed by atoms with Crippen LogP contribution in [0.25, 0.3) is 0 Å². The minimum atomic E-state index is -0.908. The van der Waals surface area contributed by atoms with Crippen LogP contribution >= 0.6 is 31.9 Å². The average Bonchev–Trinajstić information content (AvgIpc) is 2.37. The lowest BCUT2D eigenvalue weighted by molar-refractivity contribution is -0.136. The number of amides is 1. The van der Waals surface area contributed by atoms with Gasteiger partial charge in [0.15, 0.2) is 0 Å². The summed E-state index contributed by atoms with van der Waals surface area (Å²) in [6.07, 6.45) is -0.0777. The molecule has 2 aromatic rings. The summed E-state index contributed by atoms with van der Waals surface area (Å²) in [5.41, 5.74) is 1.70. The van der Waals surface area contributed by atoms with E-state index in [4.69, 9.17) is 5.11 Å². The van der Waals surface area contributed by atoms with Crippen molar-refractivity contribution in [1.82, 2.24) is 0 Å². The molecule has 6 heteroatoms. The Hall–Kier alpha value is -1.66. The van der Waals surface area contributed by atoms with E-state index in [0.717, 1.165) is 4.47 Å². The molecule has 0 radical (unpaired) electrons. The van der Waals surface area contributed by atoms with Crippen LogP contribution in [0.2, 0.25) is 0 Å². The lowest BCUT2D eigenvalue weighted by atomic mass is 10.1. The predicted octanol–water partition coefficient (Wildman–Crippen LogP) is 4.09. The topological polar surface area (TPSA) is 66.4 Å². The fraction of sp³-hybridized carbons (Fsp3) is 0.0667. The highest BCUT2D eigenvalue weighted by Gasteiger charge is 2.11. The molecule has 0 aliphatic carbocycles. The van der Waals surface area contributed by atoms with Gasteiger partial charge in [0.05, 0.1) is 12.0 Å². The summed E-state index contributed by atoms with van der Waals surface area (Å²) in [6.45, 7) is 0. The number of benzene rings is 2. The average molecular weight is 413 g/mol. The van der Waals surface area contributed by atoms with Gasteiger partial charge in [-0.2, -0.15) is 0 Å². The molecule has 2 aromatic carbocycles. The zero-order chi connectivity index (χ0) is 15.4. The van der Waals surface area contributed by atoms with Gasteiger partial charge >= 0.3 is 5.97 Å². The maximum Gasteiger partial charge on any atom is 0.307 e. The SMILES string of the molecule is O=C(O)Cc1cccc(NC(=O)c2ccc(Br)cc2Br)c1. The third-order valence-corrected chi connectivity index (χ3v) is 3.87. The summed E-state index contributed by atoms with van der Waals surface area (Å²) in [5, 5.41) is 11.5. The van der Waals surface area contributed by atoms with Crippen LogP contribution in [0.5, 0.6) is 0 Å². The van der Waals surface area contributed by atoms with Gasteiger partial charge in [-0.1, -0.05) is 28.1 Å². The first-order valence-electron chi connectivity index (χ1n) is 6.03. The summed E-state index contributed by atoms with van der Waals surface area (Å²) in [4.78, 5) is 22.9. The Morgan fingerprint density at radius 2 is 1.86 bits per heavy atom. The largest absolute Gasteiger partial charge is 0.481 e. The molecule has 0 aliphatic heterocycles. The van der Waals surface area contributed by atoms with Crippen molar-refractivity contribution >= 4 is 49.4 Å². The second-order valence-electron chi connectivity index (χ2n) is 4.35. The van der Waals surface area contributed by atoms with Crippen LogP contribution in [0.3, 0.4) is 0 Å². The van der Waals surface area contributed by atoms with Gasteiger partial charge in [-0.05, 0) is 51.8 Å². The summed E-state index contributed by atoms with van der Waals surface area (Å²) in [6, 6.07) is 12.1. The van der Waals surface area contributed by atoms with E-state index < -0.39 is 5.97 Å². The number of nitrogens with one attached hydrogen (secondary N) is 1. The van der Waals surface area contributed by atoms with Crippen molar-refractivity contribution in [2.75, 3.05) is 5.32 Å². The van der Waals surface area contributed by atoms with E-state index in [1.54, 1.807) is 42.5 Å². The maximum atomic E-state index is 12.2. The number of halogens is 2. The van der Waals surface area contributed by atoms with Crippen molar-refractivity contribution in [1.29, 1.82) is 0 Å². The molecule has 2 N–H and O–H groups in total. The van der Waals surface area contributed by atoms with Gasteiger partial charge in [0.25, 0.3) is 5.91 Å². The predicted molar refractivity (Wildman–Crippen MR) is 87.6 cm³/mol. The van der Waals surface area contributed by atoms with Gasteiger partial charge < -0.3 is 10.4 Å². The molecular weight excluding hydrogens is 402 g/mol. The molecule has 0 aromatic heterocycles. The van der Waals surface area contributed by atoms with Crippen molar-refractivity contribution in [2.45, 2.75) is 6.42 Å². The Balaban J connectivity index is 2.17. The first-order valence-corrected chi connectivity index (χ1v) is 7.61. The normalized spacial score (nSPS) is 10.2. The molecule has 0 aliphatic rings. The molecule has 0 unspecified atom stereocenters. The van der Waals surface area contributed by atoms with Crippen LogP contribution in [-0.4, -0.2) is 17.0 Å². The van der Waals surface area contributed by atoms with Crippen LogP contribution in [0.1, 0.15) is 15.9 Å². The smallest absolute Gasteiger partial charge is 0.307 e. The number of rotatable bonds is 4. The van der Waals surface area contributed by atoms with Crippen LogP contribution in [0, 0.1) is 0 Å². The molecule has 0 saturated heterocycles. The Bertz CT molecular complexity index is 701. The highest BCUT2D eigenvalue weighted by Crippen LogP contribution is 2.23. The molecule has 1 amide bonds. The standard InChI is InChI=1S/C15H11Br2NO3/c16-10-4-5-12(13(17)8-10)15(21)18-11-3-1-2-9(6-11)7-14(19)20/h1-6,8H,7H2,(H,18,21)(H,19,20). The van der Waals surface area contributed by atoms with Crippen LogP contribution in [-0.2, 0) is 11.2 Å². The van der Waals surface area contributed by atoms with Crippen molar-refractivity contribution in [2.24, 2.45) is 0 Å². The van der Waals surface area contributed by atoms with E-state index in [1.807, 2.05) is 0 Å². The van der Waals surface area contributed by atoms with Crippen LogP contribution in [0.15, 0.2) is 51.4 Å². The van der Waals surface area contributed by atoms with E-state index in [-0.39, 0.29) is 12.3 Å². The summed E-state index contributed by atoms with van der Waals surface area (Å²) in [5.74, 6) is -1.17. The lowest BCUT2D eigenvalue weighted by Gasteiger charge is -2.08. The van der Waals surface area contributed by atoms with Gasteiger partial charge in [0.2, 0.25) is 0 Å². The quantitative estimate of drug-likeness (QED) is 0.794. The second kappa shape index (κ2) is 6.87. The van der Waals surface area contributed by atoms with Gasteiger partial charge in [0.1, 0.15) is 0 Å². The Labute approximate surface area is 138 Å². The van der Waals surface area contributed by atoms with Crippen molar-refractivity contribution in [3.05, 3.63) is 62.5 Å². The molecule has 0 fully saturated rings. The number of carbonyl (C=O) groups is 2. The van der Waals surface area contributed by atoms with E-state index >= 15 is 0 Å². The molecule has 0 saturated carbocycles. The molecule has 2 rings (SSSR count). The lowest BCUT2D eigenvalue weighted by Crippen LogP contribution is -2.13. The number of aliphatic carboxylic acids is 1. The van der Waals surface area contributed by atoms with Crippen LogP contribution < -0.4 is 5.32 Å². The highest BCUT2D eigenvalue weighted by molar-refractivity contribution is 9.11. The molecular formula is C15H11Br2NO3. The van der Waals surface area contributed by atoms with Crippen LogP contribution in [0.4, 0.5) is 5.69 Å².